The largest absolute Gasteiger partial charge is 0.467 e. The summed E-state index contributed by atoms with van der Waals surface area (Å²) in [5.74, 6) is -0.517. The molecule has 1 aliphatic carbocycles. The monoisotopic (exact) mass is 283 g/mol. The van der Waals surface area contributed by atoms with Crippen molar-refractivity contribution in [2.45, 2.75) is 51.7 Å². The van der Waals surface area contributed by atoms with Gasteiger partial charge in [0.05, 0.1) is 7.11 Å². The third-order valence-corrected chi connectivity index (χ3v) is 2.70. The zero-order chi connectivity index (χ0) is 15.3. The highest BCUT2D eigenvalue weighted by atomic mass is 16.6. The molecule has 0 fully saturated rings. The van der Waals surface area contributed by atoms with Gasteiger partial charge in [-0.05, 0) is 39.7 Å². The maximum absolute atomic E-state index is 11.7. The van der Waals surface area contributed by atoms with Crippen LogP contribution >= 0.6 is 0 Å². The molecular formula is C14H21NO5. The quantitative estimate of drug-likeness (QED) is 0.795. The van der Waals surface area contributed by atoms with Crippen LogP contribution in [0, 0.1) is 0 Å². The molecule has 1 atom stereocenters. The number of amides is 1. The van der Waals surface area contributed by atoms with Crippen molar-refractivity contribution < 1.29 is 23.9 Å². The van der Waals surface area contributed by atoms with E-state index in [4.69, 9.17) is 4.74 Å². The van der Waals surface area contributed by atoms with Gasteiger partial charge in [0, 0.05) is 6.42 Å². The Labute approximate surface area is 118 Å². The molecule has 0 aromatic heterocycles. The first kappa shape index (κ1) is 16.2. The summed E-state index contributed by atoms with van der Waals surface area (Å²) in [6.45, 7) is 5.20. The highest BCUT2D eigenvalue weighted by Crippen LogP contribution is 2.20. The highest BCUT2D eigenvalue weighted by Gasteiger charge is 2.27. The Bertz CT molecular complexity index is 433. The van der Waals surface area contributed by atoms with E-state index in [0.717, 1.165) is 5.57 Å². The lowest BCUT2D eigenvalue weighted by molar-refractivity contribution is -0.143. The minimum atomic E-state index is -0.841. The Morgan fingerprint density at radius 2 is 2.00 bits per heavy atom. The van der Waals surface area contributed by atoms with Gasteiger partial charge >= 0.3 is 12.1 Å². The third-order valence-electron chi connectivity index (χ3n) is 2.70. The van der Waals surface area contributed by atoms with E-state index < -0.39 is 23.7 Å². The predicted octanol–water partition coefficient (Wildman–Crippen LogP) is 1.73. The number of methoxy groups -OCH3 is 1. The lowest BCUT2D eigenvalue weighted by atomic mass is 10.1. The molecular weight excluding hydrogens is 262 g/mol. The Morgan fingerprint density at radius 1 is 1.35 bits per heavy atom. The first-order valence-electron chi connectivity index (χ1n) is 6.51. The van der Waals surface area contributed by atoms with Crippen molar-refractivity contribution in [2.75, 3.05) is 7.11 Å². The van der Waals surface area contributed by atoms with Crippen LogP contribution in [0.25, 0.3) is 0 Å². The van der Waals surface area contributed by atoms with Gasteiger partial charge in [0.2, 0.25) is 0 Å². The molecule has 1 aliphatic rings. The van der Waals surface area contributed by atoms with Crippen LogP contribution in [0.5, 0.6) is 0 Å². The number of hydrogen-bond donors (Lipinski definition) is 1. The summed E-state index contributed by atoms with van der Waals surface area (Å²) in [7, 11) is 1.25. The lowest BCUT2D eigenvalue weighted by Crippen LogP contribution is -2.44. The van der Waals surface area contributed by atoms with Crippen molar-refractivity contribution in [1.82, 2.24) is 5.32 Å². The van der Waals surface area contributed by atoms with Gasteiger partial charge in [-0.15, -0.1) is 0 Å². The number of ether oxygens (including phenoxy) is 2. The van der Waals surface area contributed by atoms with Gasteiger partial charge in [-0.1, -0.05) is 5.57 Å². The second-order valence-electron chi connectivity index (χ2n) is 5.69. The number of nitrogens with one attached hydrogen (secondary N) is 1. The van der Waals surface area contributed by atoms with E-state index in [-0.39, 0.29) is 12.2 Å². The first-order chi connectivity index (χ1) is 9.21. The standard InChI is InChI=1S/C14H21NO5/c1-14(2,3)20-13(18)15-11(12(17)19-4)8-9-5-6-10(16)7-9/h7,11H,5-6,8H2,1-4H3,(H,15,18)/t11-/m0/s1. The molecule has 0 aromatic carbocycles. The normalized spacial score (nSPS) is 16.4. The van der Waals surface area contributed by atoms with Crippen molar-refractivity contribution in [3.8, 4) is 0 Å². The molecule has 0 radical (unpaired) electrons. The molecule has 0 heterocycles. The molecule has 0 saturated heterocycles. The minimum absolute atomic E-state index is 0.0425. The third kappa shape index (κ3) is 5.42. The molecule has 0 unspecified atom stereocenters. The second kappa shape index (κ2) is 6.54. The minimum Gasteiger partial charge on any atom is -0.467 e. The number of alkyl carbamates (subject to hydrolysis) is 1. The molecule has 1 N–H and O–H groups in total. The van der Waals surface area contributed by atoms with Crippen molar-refractivity contribution >= 4 is 17.8 Å². The molecule has 6 heteroatoms. The van der Waals surface area contributed by atoms with Gasteiger partial charge in [-0.25, -0.2) is 9.59 Å². The zero-order valence-electron chi connectivity index (χ0n) is 12.3. The molecule has 0 aliphatic heterocycles. The van der Waals surface area contributed by atoms with Crippen LogP contribution in [-0.4, -0.2) is 36.6 Å². The van der Waals surface area contributed by atoms with E-state index in [1.54, 1.807) is 20.8 Å². The number of rotatable bonds is 4. The predicted molar refractivity (Wildman–Crippen MR) is 72.1 cm³/mol. The molecule has 6 nitrogen and oxygen atoms in total. The fourth-order valence-electron chi connectivity index (χ4n) is 1.86. The van der Waals surface area contributed by atoms with Crippen molar-refractivity contribution in [2.24, 2.45) is 0 Å². The van der Waals surface area contributed by atoms with E-state index in [2.05, 4.69) is 10.1 Å². The second-order valence-corrected chi connectivity index (χ2v) is 5.69. The number of carbonyl (C=O) groups is 3. The summed E-state index contributed by atoms with van der Waals surface area (Å²) in [5, 5.41) is 2.48. The SMILES string of the molecule is COC(=O)[C@H](CC1=CC(=O)CC1)NC(=O)OC(C)(C)C. The topological polar surface area (TPSA) is 81.7 Å². The van der Waals surface area contributed by atoms with Gasteiger partial charge in [0.25, 0.3) is 0 Å². The van der Waals surface area contributed by atoms with Crippen molar-refractivity contribution in [1.29, 1.82) is 0 Å². The summed E-state index contributed by atoms with van der Waals surface area (Å²) in [6, 6.07) is -0.841. The van der Waals surface area contributed by atoms with Crippen LogP contribution in [0.3, 0.4) is 0 Å². The van der Waals surface area contributed by atoms with Crippen molar-refractivity contribution in [3.05, 3.63) is 11.6 Å². The molecule has 0 saturated carbocycles. The van der Waals surface area contributed by atoms with E-state index in [0.29, 0.717) is 12.8 Å². The van der Waals surface area contributed by atoms with Gasteiger partial charge in [0.1, 0.15) is 11.6 Å². The average Bonchev–Trinajstić information content (AvgIpc) is 2.70. The average molecular weight is 283 g/mol. The number of carbonyl (C=O) groups excluding carboxylic acids is 3. The summed E-state index contributed by atoms with van der Waals surface area (Å²) >= 11 is 0. The number of hydrogen-bond acceptors (Lipinski definition) is 5. The van der Waals surface area contributed by atoms with Crippen LogP contribution in [0.1, 0.15) is 40.0 Å². The smallest absolute Gasteiger partial charge is 0.408 e. The van der Waals surface area contributed by atoms with Crippen LogP contribution in [0.15, 0.2) is 11.6 Å². The van der Waals surface area contributed by atoms with Gasteiger partial charge < -0.3 is 14.8 Å². The first-order valence-corrected chi connectivity index (χ1v) is 6.51. The Balaban J connectivity index is 2.65. The van der Waals surface area contributed by atoms with E-state index in [1.165, 1.54) is 13.2 Å². The molecule has 1 rings (SSSR count). The molecule has 0 aromatic rings. The maximum atomic E-state index is 11.7. The summed E-state index contributed by atoms with van der Waals surface area (Å²) in [4.78, 5) is 34.6. The van der Waals surface area contributed by atoms with E-state index >= 15 is 0 Å². The maximum Gasteiger partial charge on any atom is 0.408 e. The number of allylic oxidation sites excluding steroid dienone is 1. The molecule has 0 spiro atoms. The Hall–Kier alpha value is -1.85. The summed E-state index contributed by atoms with van der Waals surface area (Å²) < 4.78 is 9.76. The van der Waals surface area contributed by atoms with Gasteiger partial charge in [0.15, 0.2) is 5.78 Å². The van der Waals surface area contributed by atoms with Crippen LogP contribution in [0.4, 0.5) is 4.79 Å². The molecule has 1 amide bonds. The molecule has 112 valence electrons. The highest BCUT2D eigenvalue weighted by molar-refractivity contribution is 5.93. The van der Waals surface area contributed by atoms with E-state index in [1.807, 2.05) is 0 Å². The van der Waals surface area contributed by atoms with Crippen LogP contribution < -0.4 is 5.32 Å². The van der Waals surface area contributed by atoms with Gasteiger partial charge in [-0.2, -0.15) is 0 Å². The lowest BCUT2D eigenvalue weighted by Gasteiger charge is -2.22. The fraction of sp³-hybridized carbons (Fsp3) is 0.643. The molecule has 20 heavy (non-hydrogen) atoms. The Morgan fingerprint density at radius 3 is 2.45 bits per heavy atom. The molecule has 0 bridgehead atoms. The Kier molecular flexibility index (Phi) is 5.30. The summed E-state index contributed by atoms with van der Waals surface area (Å²) in [6.07, 6.45) is 2.17. The number of ketones is 1. The summed E-state index contributed by atoms with van der Waals surface area (Å²) in [5.41, 5.74) is 0.189. The fourth-order valence-corrected chi connectivity index (χ4v) is 1.86. The van der Waals surface area contributed by atoms with Crippen LogP contribution in [0.2, 0.25) is 0 Å². The number of esters is 1. The van der Waals surface area contributed by atoms with Crippen LogP contribution in [-0.2, 0) is 19.1 Å². The zero-order valence-corrected chi connectivity index (χ0v) is 12.3. The van der Waals surface area contributed by atoms with E-state index in [9.17, 15) is 14.4 Å². The van der Waals surface area contributed by atoms with Gasteiger partial charge in [-0.3, -0.25) is 4.79 Å². The van der Waals surface area contributed by atoms with Crippen molar-refractivity contribution in [3.63, 3.8) is 0 Å².